The summed E-state index contributed by atoms with van der Waals surface area (Å²) in [6.45, 7) is 0. The molecule has 2 aromatic heterocycles. The largest absolute Gasteiger partial charge is 0.494 e. The Kier molecular flexibility index (Phi) is 2.33. The topological polar surface area (TPSA) is 78.8 Å². The minimum atomic E-state index is 0.337. The van der Waals surface area contributed by atoms with Crippen molar-refractivity contribution in [1.29, 1.82) is 0 Å². The van der Waals surface area contributed by atoms with Crippen LogP contribution >= 0.6 is 0 Å². The molecular formula is C12H11N5O. The van der Waals surface area contributed by atoms with Crippen molar-refractivity contribution in [3.63, 3.8) is 0 Å². The average Bonchev–Trinajstić information content (AvgIpc) is 2.82. The van der Waals surface area contributed by atoms with Gasteiger partial charge in [0, 0.05) is 24.0 Å². The van der Waals surface area contributed by atoms with Gasteiger partial charge in [-0.25, -0.2) is 14.6 Å². The Bertz CT molecular complexity index is 707. The molecule has 0 atom stereocenters. The lowest BCUT2D eigenvalue weighted by molar-refractivity contribution is 0.418. The molecule has 0 aliphatic carbocycles. The van der Waals surface area contributed by atoms with Crippen molar-refractivity contribution in [2.24, 2.45) is 0 Å². The summed E-state index contributed by atoms with van der Waals surface area (Å²) >= 11 is 0. The lowest BCUT2D eigenvalue weighted by Gasteiger charge is -2.01. The van der Waals surface area contributed by atoms with Crippen LogP contribution in [0, 0.1) is 0 Å². The first kappa shape index (κ1) is 10.5. The highest BCUT2D eigenvalue weighted by atomic mass is 16.5. The average molecular weight is 241 g/mol. The van der Waals surface area contributed by atoms with Gasteiger partial charge < -0.3 is 10.5 Å². The number of hydrogen-bond acceptors (Lipinski definition) is 5. The second-order valence-electron chi connectivity index (χ2n) is 3.74. The van der Waals surface area contributed by atoms with Crippen LogP contribution in [0.5, 0.6) is 5.75 Å². The number of ether oxygens (including phenoxy) is 1. The number of methoxy groups -OCH3 is 1. The second-order valence-corrected chi connectivity index (χ2v) is 3.74. The monoisotopic (exact) mass is 241 g/mol. The SMILES string of the molecule is COc1cccc2cn(-c3nccnc3N)nc12. The molecule has 0 bridgehead atoms. The normalized spacial score (nSPS) is 10.7. The van der Waals surface area contributed by atoms with Crippen LogP contribution in [-0.4, -0.2) is 26.9 Å². The summed E-state index contributed by atoms with van der Waals surface area (Å²) in [7, 11) is 1.62. The smallest absolute Gasteiger partial charge is 0.196 e. The lowest BCUT2D eigenvalue weighted by atomic mass is 10.2. The molecule has 3 aromatic rings. The van der Waals surface area contributed by atoms with E-state index in [1.54, 1.807) is 24.2 Å². The Hall–Kier alpha value is -2.63. The summed E-state index contributed by atoms with van der Waals surface area (Å²) in [4.78, 5) is 8.16. The fraction of sp³-hybridized carbons (Fsp3) is 0.0833. The molecule has 0 aliphatic heterocycles. The Labute approximate surface area is 103 Å². The Morgan fingerprint density at radius 3 is 2.83 bits per heavy atom. The Morgan fingerprint density at radius 2 is 2.06 bits per heavy atom. The molecule has 1 aromatic carbocycles. The lowest BCUT2D eigenvalue weighted by Crippen LogP contribution is -2.04. The van der Waals surface area contributed by atoms with Gasteiger partial charge in [-0.15, -0.1) is 0 Å². The van der Waals surface area contributed by atoms with E-state index in [4.69, 9.17) is 10.5 Å². The maximum Gasteiger partial charge on any atom is 0.196 e. The molecule has 0 spiro atoms. The predicted molar refractivity (Wildman–Crippen MR) is 67.6 cm³/mol. The maximum absolute atomic E-state index is 5.78. The first-order chi connectivity index (χ1) is 8.79. The third-order valence-corrected chi connectivity index (χ3v) is 2.64. The molecule has 0 saturated carbocycles. The van der Waals surface area contributed by atoms with Gasteiger partial charge in [0.15, 0.2) is 11.6 Å². The van der Waals surface area contributed by atoms with Gasteiger partial charge in [-0.1, -0.05) is 12.1 Å². The highest BCUT2D eigenvalue weighted by Crippen LogP contribution is 2.25. The molecule has 3 rings (SSSR count). The molecule has 0 radical (unpaired) electrons. The molecule has 6 nitrogen and oxygen atoms in total. The van der Waals surface area contributed by atoms with Gasteiger partial charge in [-0.05, 0) is 6.07 Å². The minimum absolute atomic E-state index is 0.337. The molecule has 90 valence electrons. The quantitative estimate of drug-likeness (QED) is 0.733. The Morgan fingerprint density at radius 1 is 1.22 bits per heavy atom. The zero-order valence-electron chi connectivity index (χ0n) is 9.74. The summed E-state index contributed by atoms with van der Waals surface area (Å²) in [5.41, 5.74) is 6.55. The van der Waals surface area contributed by atoms with Gasteiger partial charge in [-0.3, -0.25) is 0 Å². The van der Waals surface area contributed by atoms with Crippen molar-refractivity contribution >= 4 is 16.7 Å². The van der Waals surface area contributed by atoms with Gasteiger partial charge in [0.1, 0.15) is 11.3 Å². The minimum Gasteiger partial charge on any atom is -0.494 e. The first-order valence-corrected chi connectivity index (χ1v) is 5.39. The zero-order chi connectivity index (χ0) is 12.5. The van der Waals surface area contributed by atoms with Gasteiger partial charge in [0.25, 0.3) is 0 Å². The summed E-state index contributed by atoms with van der Waals surface area (Å²) in [6.07, 6.45) is 4.97. The van der Waals surface area contributed by atoms with Crippen LogP contribution in [0.25, 0.3) is 16.7 Å². The fourth-order valence-corrected chi connectivity index (χ4v) is 1.81. The number of nitrogens with two attached hydrogens (primary N) is 1. The van der Waals surface area contributed by atoms with Gasteiger partial charge >= 0.3 is 0 Å². The van der Waals surface area contributed by atoms with E-state index in [1.165, 1.54) is 0 Å². The van der Waals surface area contributed by atoms with E-state index >= 15 is 0 Å². The maximum atomic E-state index is 5.78. The van der Waals surface area contributed by atoms with Crippen molar-refractivity contribution in [3.8, 4) is 11.6 Å². The van der Waals surface area contributed by atoms with Crippen LogP contribution in [0.1, 0.15) is 0 Å². The Balaban J connectivity index is 2.23. The van der Waals surface area contributed by atoms with Crippen LogP contribution in [0.3, 0.4) is 0 Å². The van der Waals surface area contributed by atoms with Crippen LogP contribution in [0.2, 0.25) is 0 Å². The summed E-state index contributed by atoms with van der Waals surface area (Å²) < 4.78 is 6.87. The molecule has 18 heavy (non-hydrogen) atoms. The van der Waals surface area contributed by atoms with Crippen molar-refractivity contribution in [2.75, 3.05) is 12.8 Å². The molecule has 0 aliphatic rings. The standard InChI is InChI=1S/C12H11N5O/c1-18-9-4-2-3-8-7-17(16-10(8)9)12-11(13)14-5-6-15-12/h2-7H,1H3,(H2,13,14). The van der Waals surface area contributed by atoms with Gasteiger partial charge in [-0.2, -0.15) is 5.10 Å². The van der Waals surface area contributed by atoms with E-state index in [0.29, 0.717) is 17.4 Å². The first-order valence-electron chi connectivity index (χ1n) is 5.39. The van der Waals surface area contributed by atoms with Crippen molar-refractivity contribution in [1.82, 2.24) is 19.7 Å². The van der Waals surface area contributed by atoms with Crippen LogP contribution in [-0.2, 0) is 0 Å². The van der Waals surface area contributed by atoms with E-state index in [0.717, 1.165) is 10.9 Å². The zero-order valence-corrected chi connectivity index (χ0v) is 9.74. The fourth-order valence-electron chi connectivity index (χ4n) is 1.81. The van der Waals surface area contributed by atoms with Crippen molar-refractivity contribution < 1.29 is 4.74 Å². The van der Waals surface area contributed by atoms with E-state index in [1.807, 2.05) is 24.4 Å². The van der Waals surface area contributed by atoms with Crippen LogP contribution in [0.4, 0.5) is 5.82 Å². The molecule has 0 amide bonds. The number of anilines is 1. The molecule has 0 fully saturated rings. The van der Waals surface area contributed by atoms with Crippen molar-refractivity contribution in [3.05, 3.63) is 36.8 Å². The molecular weight excluding hydrogens is 230 g/mol. The van der Waals surface area contributed by atoms with Gasteiger partial charge in [0.05, 0.1) is 7.11 Å². The molecule has 2 N–H and O–H groups in total. The van der Waals surface area contributed by atoms with Crippen LogP contribution in [0.15, 0.2) is 36.8 Å². The number of rotatable bonds is 2. The highest BCUT2D eigenvalue weighted by Gasteiger charge is 2.10. The summed E-state index contributed by atoms with van der Waals surface area (Å²) in [6, 6.07) is 5.72. The van der Waals surface area contributed by atoms with Gasteiger partial charge in [0.2, 0.25) is 0 Å². The third kappa shape index (κ3) is 1.55. The number of fused-ring (bicyclic) bond motifs is 1. The third-order valence-electron chi connectivity index (χ3n) is 2.64. The molecule has 2 heterocycles. The number of nitrogens with zero attached hydrogens (tertiary/aromatic N) is 4. The molecule has 6 heteroatoms. The van der Waals surface area contributed by atoms with Crippen LogP contribution < -0.4 is 10.5 Å². The number of hydrogen-bond donors (Lipinski definition) is 1. The predicted octanol–water partition coefficient (Wildman–Crippen LogP) is 1.41. The number of aromatic nitrogens is 4. The van der Waals surface area contributed by atoms with E-state index < -0.39 is 0 Å². The van der Waals surface area contributed by atoms with E-state index in [-0.39, 0.29) is 0 Å². The molecule has 0 unspecified atom stereocenters. The van der Waals surface area contributed by atoms with Crippen molar-refractivity contribution in [2.45, 2.75) is 0 Å². The summed E-state index contributed by atoms with van der Waals surface area (Å²) in [5.74, 6) is 1.56. The summed E-state index contributed by atoms with van der Waals surface area (Å²) in [5, 5.41) is 5.38. The molecule has 0 saturated heterocycles. The van der Waals surface area contributed by atoms with E-state index in [9.17, 15) is 0 Å². The number of benzene rings is 1. The highest BCUT2D eigenvalue weighted by molar-refractivity contribution is 5.84. The second kappa shape index (κ2) is 3.99. The number of nitrogen functional groups attached to an aromatic ring is 1. The van der Waals surface area contributed by atoms with E-state index in [2.05, 4.69) is 15.1 Å².